The molecule has 0 spiro atoms. The SMILES string of the molecule is CCC(C)C1CC(C)C(C)c2cc(C)ccc21. The monoisotopic (exact) mass is 230 g/mol. The van der Waals surface area contributed by atoms with Gasteiger partial charge in [-0.05, 0) is 48.1 Å². The van der Waals surface area contributed by atoms with Gasteiger partial charge in [0.05, 0.1) is 0 Å². The molecule has 0 saturated carbocycles. The van der Waals surface area contributed by atoms with Gasteiger partial charge in [0.15, 0.2) is 0 Å². The maximum absolute atomic E-state index is 2.42. The molecule has 0 radical (unpaired) electrons. The molecule has 17 heavy (non-hydrogen) atoms. The summed E-state index contributed by atoms with van der Waals surface area (Å²) >= 11 is 0. The fourth-order valence-corrected chi connectivity index (χ4v) is 3.29. The highest BCUT2D eigenvalue weighted by Crippen LogP contribution is 2.46. The standard InChI is InChI=1S/C17H26/c1-6-12(3)16-10-13(4)14(5)17-9-11(2)7-8-15(16)17/h7-9,12-14,16H,6,10H2,1-5H3. The van der Waals surface area contributed by atoms with Crippen LogP contribution in [0.25, 0.3) is 0 Å². The molecule has 0 amide bonds. The van der Waals surface area contributed by atoms with Crippen LogP contribution in [-0.2, 0) is 0 Å². The number of benzene rings is 1. The van der Waals surface area contributed by atoms with Gasteiger partial charge >= 0.3 is 0 Å². The van der Waals surface area contributed by atoms with E-state index in [1.54, 1.807) is 11.1 Å². The molecule has 0 nitrogen and oxygen atoms in total. The van der Waals surface area contributed by atoms with Crippen LogP contribution in [0, 0.1) is 18.8 Å². The zero-order valence-electron chi connectivity index (χ0n) is 12.0. The molecule has 0 fully saturated rings. The molecular weight excluding hydrogens is 204 g/mol. The van der Waals surface area contributed by atoms with E-state index in [2.05, 4.69) is 52.8 Å². The Balaban J connectivity index is 2.45. The molecule has 0 heterocycles. The summed E-state index contributed by atoms with van der Waals surface area (Å²) in [5, 5.41) is 0. The van der Waals surface area contributed by atoms with Gasteiger partial charge in [0.1, 0.15) is 0 Å². The van der Waals surface area contributed by atoms with Crippen LogP contribution in [0.2, 0.25) is 0 Å². The zero-order valence-corrected chi connectivity index (χ0v) is 12.0. The third kappa shape index (κ3) is 2.27. The van der Waals surface area contributed by atoms with Crippen molar-refractivity contribution in [1.29, 1.82) is 0 Å². The summed E-state index contributed by atoms with van der Waals surface area (Å²) in [6.45, 7) is 11.8. The maximum Gasteiger partial charge on any atom is -0.0131 e. The van der Waals surface area contributed by atoms with Crippen LogP contribution in [0.1, 0.15) is 69.1 Å². The van der Waals surface area contributed by atoms with Gasteiger partial charge in [0, 0.05) is 0 Å². The molecule has 0 bridgehead atoms. The maximum atomic E-state index is 2.42. The number of hydrogen-bond acceptors (Lipinski definition) is 0. The van der Waals surface area contributed by atoms with Crippen LogP contribution >= 0.6 is 0 Å². The molecule has 2 rings (SSSR count). The topological polar surface area (TPSA) is 0 Å². The van der Waals surface area contributed by atoms with Gasteiger partial charge in [-0.1, -0.05) is 57.9 Å². The second-order valence-electron chi connectivity index (χ2n) is 6.13. The Labute approximate surface area is 106 Å². The molecule has 1 aromatic rings. The Morgan fingerprint density at radius 3 is 2.59 bits per heavy atom. The second kappa shape index (κ2) is 4.84. The summed E-state index contributed by atoms with van der Waals surface area (Å²) in [5.74, 6) is 3.14. The summed E-state index contributed by atoms with van der Waals surface area (Å²) in [6.07, 6.45) is 2.66. The molecule has 0 N–H and O–H groups in total. The lowest BCUT2D eigenvalue weighted by Gasteiger charge is -2.37. The minimum atomic E-state index is 0.727. The van der Waals surface area contributed by atoms with E-state index in [-0.39, 0.29) is 0 Å². The Bertz CT molecular complexity index is 391. The number of hydrogen-bond donors (Lipinski definition) is 0. The van der Waals surface area contributed by atoms with Gasteiger partial charge < -0.3 is 0 Å². The third-order valence-corrected chi connectivity index (χ3v) is 4.94. The van der Waals surface area contributed by atoms with Crippen molar-refractivity contribution in [3.8, 4) is 0 Å². The fraction of sp³-hybridized carbons (Fsp3) is 0.647. The first-order valence-corrected chi connectivity index (χ1v) is 7.15. The van der Waals surface area contributed by atoms with Crippen molar-refractivity contribution in [3.63, 3.8) is 0 Å². The summed E-state index contributed by atoms with van der Waals surface area (Å²) in [6, 6.07) is 7.10. The molecule has 4 atom stereocenters. The molecule has 0 saturated heterocycles. The molecule has 4 unspecified atom stereocenters. The summed E-state index contributed by atoms with van der Waals surface area (Å²) in [7, 11) is 0. The molecule has 1 aliphatic carbocycles. The molecule has 0 aliphatic heterocycles. The molecule has 0 heteroatoms. The van der Waals surface area contributed by atoms with Gasteiger partial charge in [-0.2, -0.15) is 0 Å². The lowest BCUT2D eigenvalue weighted by Crippen LogP contribution is -2.24. The van der Waals surface area contributed by atoms with Crippen molar-refractivity contribution >= 4 is 0 Å². The van der Waals surface area contributed by atoms with E-state index in [9.17, 15) is 0 Å². The van der Waals surface area contributed by atoms with Gasteiger partial charge in [-0.3, -0.25) is 0 Å². The molecule has 1 aromatic carbocycles. The van der Waals surface area contributed by atoms with Crippen molar-refractivity contribution in [2.45, 2.75) is 59.3 Å². The number of rotatable bonds is 2. The highest BCUT2D eigenvalue weighted by Gasteiger charge is 2.32. The normalized spacial score (nSPS) is 29.8. The van der Waals surface area contributed by atoms with E-state index in [1.165, 1.54) is 18.4 Å². The molecule has 0 aromatic heterocycles. The summed E-state index contributed by atoms with van der Waals surface area (Å²) in [5.41, 5.74) is 4.66. The molecule has 1 aliphatic rings. The number of fused-ring (bicyclic) bond motifs is 1. The third-order valence-electron chi connectivity index (χ3n) is 4.94. The van der Waals surface area contributed by atoms with Crippen LogP contribution in [0.4, 0.5) is 0 Å². The molecular formula is C17H26. The van der Waals surface area contributed by atoms with Crippen LogP contribution in [0.5, 0.6) is 0 Å². The average Bonchev–Trinajstić information content (AvgIpc) is 2.33. The van der Waals surface area contributed by atoms with Crippen LogP contribution in [-0.4, -0.2) is 0 Å². The first-order valence-electron chi connectivity index (χ1n) is 7.15. The van der Waals surface area contributed by atoms with Crippen molar-refractivity contribution in [3.05, 3.63) is 34.9 Å². The zero-order chi connectivity index (χ0) is 12.6. The van der Waals surface area contributed by atoms with Gasteiger partial charge in [0.2, 0.25) is 0 Å². The summed E-state index contributed by atoms with van der Waals surface area (Å²) in [4.78, 5) is 0. The minimum absolute atomic E-state index is 0.727. The Morgan fingerprint density at radius 1 is 1.24 bits per heavy atom. The van der Waals surface area contributed by atoms with Crippen molar-refractivity contribution < 1.29 is 0 Å². The van der Waals surface area contributed by atoms with E-state index in [4.69, 9.17) is 0 Å². The predicted octanol–water partition coefficient (Wildman–Crippen LogP) is 5.27. The minimum Gasteiger partial charge on any atom is -0.0651 e. The van der Waals surface area contributed by atoms with E-state index in [0.717, 1.165) is 23.7 Å². The smallest absolute Gasteiger partial charge is 0.0131 e. The van der Waals surface area contributed by atoms with Crippen molar-refractivity contribution in [2.75, 3.05) is 0 Å². The van der Waals surface area contributed by atoms with Gasteiger partial charge in [-0.25, -0.2) is 0 Å². The Morgan fingerprint density at radius 2 is 1.94 bits per heavy atom. The lowest BCUT2D eigenvalue weighted by atomic mass is 9.67. The fourth-order valence-electron chi connectivity index (χ4n) is 3.29. The first-order chi connectivity index (χ1) is 8.04. The Kier molecular flexibility index (Phi) is 3.61. The van der Waals surface area contributed by atoms with E-state index < -0.39 is 0 Å². The highest BCUT2D eigenvalue weighted by molar-refractivity contribution is 5.39. The molecule has 94 valence electrons. The Hall–Kier alpha value is -0.780. The van der Waals surface area contributed by atoms with Crippen LogP contribution < -0.4 is 0 Å². The highest BCUT2D eigenvalue weighted by atomic mass is 14.4. The van der Waals surface area contributed by atoms with Gasteiger partial charge in [0.25, 0.3) is 0 Å². The van der Waals surface area contributed by atoms with E-state index in [0.29, 0.717) is 0 Å². The average molecular weight is 230 g/mol. The van der Waals surface area contributed by atoms with Crippen LogP contribution in [0.15, 0.2) is 18.2 Å². The van der Waals surface area contributed by atoms with Crippen LogP contribution in [0.3, 0.4) is 0 Å². The van der Waals surface area contributed by atoms with Crippen molar-refractivity contribution in [2.24, 2.45) is 11.8 Å². The predicted molar refractivity (Wildman–Crippen MR) is 75.6 cm³/mol. The van der Waals surface area contributed by atoms with Gasteiger partial charge in [-0.15, -0.1) is 0 Å². The summed E-state index contributed by atoms with van der Waals surface area (Å²) < 4.78 is 0. The lowest BCUT2D eigenvalue weighted by molar-refractivity contribution is 0.310. The number of aryl methyl sites for hydroxylation is 1. The quantitative estimate of drug-likeness (QED) is 0.649. The van der Waals surface area contributed by atoms with E-state index in [1.807, 2.05) is 0 Å². The second-order valence-corrected chi connectivity index (χ2v) is 6.13. The largest absolute Gasteiger partial charge is 0.0651 e. The first kappa shape index (κ1) is 12.7. The van der Waals surface area contributed by atoms with E-state index >= 15 is 0 Å². The van der Waals surface area contributed by atoms with Crippen molar-refractivity contribution in [1.82, 2.24) is 0 Å².